The number of methoxy groups -OCH3 is 1. The number of esters is 1. The maximum absolute atomic E-state index is 11.7. The number of nitrogens with zero attached hydrogens (tertiary/aromatic N) is 1. The van der Waals surface area contributed by atoms with E-state index in [1.165, 1.54) is 18.4 Å². The van der Waals surface area contributed by atoms with Crippen molar-refractivity contribution in [3.8, 4) is 11.3 Å². The molecule has 4 nitrogen and oxygen atoms in total. The SMILES string of the molecule is COC(=O)c1scc(C)c1-c1[nH]c(=S)ncc1C. The highest BCUT2D eigenvalue weighted by Gasteiger charge is 2.19. The molecular formula is C12H12N2O2S2. The van der Waals surface area contributed by atoms with Crippen molar-refractivity contribution in [2.45, 2.75) is 13.8 Å². The molecule has 0 saturated carbocycles. The zero-order valence-electron chi connectivity index (χ0n) is 10.2. The molecule has 94 valence electrons. The van der Waals surface area contributed by atoms with E-state index in [4.69, 9.17) is 17.0 Å². The minimum atomic E-state index is -0.335. The van der Waals surface area contributed by atoms with Gasteiger partial charge in [0, 0.05) is 11.8 Å². The zero-order chi connectivity index (χ0) is 13.3. The average Bonchev–Trinajstić information content (AvgIpc) is 2.73. The molecule has 0 aliphatic carbocycles. The summed E-state index contributed by atoms with van der Waals surface area (Å²) in [5.74, 6) is -0.335. The fraction of sp³-hybridized carbons (Fsp3) is 0.250. The molecule has 1 N–H and O–H groups in total. The number of carbonyl (C=O) groups is 1. The lowest BCUT2D eigenvalue weighted by atomic mass is 10.1. The van der Waals surface area contributed by atoms with Crippen molar-refractivity contribution in [2.75, 3.05) is 7.11 Å². The first-order chi connectivity index (χ1) is 8.54. The zero-order valence-corrected chi connectivity index (χ0v) is 11.9. The summed E-state index contributed by atoms with van der Waals surface area (Å²) in [4.78, 5) is 19.4. The second-order valence-electron chi connectivity index (χ2n) is 3.86. The van der Waals surface area contributed by atoms with E-state index >= 15 is 0 Å². The summed E-state index contributed by atoms with van der Waals surface area (Å²) < 4.78 is 5.20. The number of aromatic nitrogens is 2. The predicted octanol–water partition coefficient (Wildman–Crippen LogP) is 3.27. The summed E-state index contributed by atoms with van der Waals surface area (Å²) >= 11 is 6.40. The molecule has 2 rings (SSSR count). The van der Waals surface area contributed by atoms with Gasteiger partial charge in [-0.05, 0) is 42.6 Å². The Labute approximate surface area is 114 Å². The van der Waals surface area contributed by atoms with Crippen molar-refractivity contribution in [2.24, 2.45) is 0 Å². The highest BCUT2D eigenvalue weighted by atomic mass is 32.1. The van der Waals surface area contributed by atoms with Gasteiger partial charge in [0.2, 0.25) is 0 Å². The first-order valence-corrected chi connectivity index (χ1v) is 6.56. The van der Waals surface area contributed by atoms with Crippen LogP contribution >= 0.6 is 23.6 Å². The molecule has 0 aliphatic heterocycles. The molecule has 0 aliphatic rings. The minimum Gasteiger partial charge on any atom is -0.465 e. The fourth-order valence-corrected chi connectivity index (χ4v) is 2.84. The van der Waals surface area contributed by atoms with Crippen LogP contribution in [0.5, 0.6) is 0 Å². The third kappa shape index (κ3) is 2.21. The van der Waals surface area contributed by atoms with Gasteiger partial charge in [0.1, 0.15) is 4.88 Å². The third-order valence-electron chi connectivity index (χ3n) is 2.60. The van der Waals surface area contributed by atoms with Crippen molar-refractivity contribution in [3.05, 3.63) is 32.4 Å². The Kier molecular flexibility index (Phi) is 3.58. The first kappa shape index (κ1) is 12.9. The molecule has 6 heteroatoms. The molecule has 0 radical (unpaired) electrons. The number of ether oxygens (including phenoxy) is 1. The van der Waals surface area contributed by atoms with Gasteiger partial charge in [0.15, 0.2) is 4.77 Å². The highest BCUT2D eigenvalue weighted by molar-refractivity contribution is 7.71. The summed E-state index contributed by atoms with van der Waals surface area (Å²) in [6.45, 7) is 3.88. The second kappa shape index (κ2) is 4.99. The number of thiophene rings is 1. The molecule has 0 saturated heterocycles. The second-order valence-corrected chi connectivity index (χ2v) is 5.13. The first-order valence-electron chi connectivity index (χ1n) is 5.27. The van der Waals surface area contributed by atoms with Gasteiger partial charge < -0.3 is 9.72 Å². The Bertz CT molecular complexity index is 658. The van der Waals surface area contributed by atoms with E-state index < -0.39 is 0 Å². The molecule has 2 aromatic heterocycles. The Balaban J connectivity index is 2.70. The molecule has 0 fully saturated rings. The van der Waals surface area contributed by atoms with Gasteiger partial charge in [-0.1, -0.05) is 0 Å². The number of carbonyl (C=O) groups excluding carboxylic acids is 1. The molecule has 0 aromatic carbocycles. The monoisotopic (exact) mass is 280 g/mol. The molecule has 2 aromatic rings. The van der Waals surface area contributed by atoms with Crippen LogP contribution in [0, 0.1) is 18.6 Å². The summed E-state index contributed by atoms with van der Waals surface area (Å²) in [7, 11) is 1.38. The van der Waals surface area contributed by atoms with Gasteiger partial charge >= 0.3 is 5.97 Å². The summed E-state index contributed by atoms with van der Waals surface area (Å²) in [5.41, 5.74) is 3.63. The molecule has 0 unspecified atom stereocenters. The van der Waals surface area contributed by atoms with E-state index in [-0.39, 0.29) is 5.97 Å². The quantitative estimate of drug-likeness (QED) is 0.677. The van der Waals surface area contributed by atoms with Gasteiger partial charge in [-0.25, -0.2) is 9.78 Å². The molecule has 0 atom stereocenters. The lowest BCUT2D eigenvalue weighted by Gasteiger charge is -2.07. The summed E-state index contributed by atoms with van der Waals surface area (Å²) in [5, 5.41) is 1.93. The normalized spacial score (nSPS) is 10.4. The van der Waals surface area contributed by atoms with Crippen LogP contribution in [0.25, 0.3) is 11.3 Å². The number of aromatic amines is 1. The largest absolute Gasteiger partial charge is 0.465 e. The highest BCUT2D eigenvalue weighted by Crippen LogP contribution is 2.33. The average molecular weight is 280 g/mol. The molecule has 2 heterocycles. The number of H-pyrrole nitrogens is 1. The fourth-order valence-electron chi connectivity index (χ4n) is 1.72. The smallest absolute Gasteiger partial charge is 0.348 e. The lowest BCUT2D eigenvalue weighted by molar-refractivity contribution is 0.0607. The number of nitrogens with one attached hydrogen (secondary N) is 1. The Hall–Kier alpha value is -1.53. The lowest BCUT2D eigenvalue weighted by Crippen LogP contribution is -2.02. The number of rotatable bonds is 2. The van der Waals surface area contributed by atoms with Crippen LogP contribution in [-0.4, -0.2) is 23.0 Å². The van der Waals surface area contributed by atoms with Gasteiger partial charge in [0.25, 0.3) is 0 Å². The number of hydrogen-bond donors (Lipinski definition) is 1. The minimum absolute atomic E-state index is 0.335. The van der Waals surface area contributed by atoms with Crippen molar-refractivity contribution < 1.29 is 9.53 Å². The van der Waals surface area contributed by atoms with Crippen LogP contribution in [0.15, 0.2) is 11.6 Å². The van der Waals surface area contributed by atoms with E-state index in [1.807, 2.05) is 19.2 Å². The van der Waals surface area contributed by atoms with E-state index in [0.29, 0.717) is 9.65 Å². The molecule has 0 bridgehead atoms. The van der Waals surface area contributed by atoms with Gasteiger partial charge in [-0.2, -0.15) is 0 Å². The maximum Gasteiger partial charge on any atom is 0.348 e. The topological polar surface area (TPSA) is 55.0 Å². The van der Waals surface area contributed by atoms with Crippen LogP contribution in [0.4, 0.5) is 0 Å². The molecule has 0 amide bonds. The Morgan fingerprint density at radius 1 is 1.44 bits per heavy atom. The van der Waals surface area contributed by atoms with Crippen LogP contribution in [-0.2, 0) is 4.74 Å². The van der Waals surface area contributed by atoms with E-state index in [9.17, 15) is 4.79 Å². The van der Waals surface area contributed by atoms with Gasteiger partial charge in [-0.15, -0.1) is 11.3 Å². The predicted molar refractivity (Wildman–Crippen MR) is 73.5 cm³/mol. The Morgan fingerprint density at radius 2 is 2.17 bits per heavy atom. The van der Waals surface area contributed by atoms with Crippen molar-refractivity contribution >= 4 is 29.5 Å². The van der Waals surface area contributed by atoms with Gasteiger partial charge in [0.05, 0.1) is 12.8 Å². The maximum atomic E-state index is 11.7. The third-order valence-corrected chi connectivity index (χ3v) is 3.88. The standard InChI is InChI=1S/C12H12N2O2S2/c1-6-4-13-12(17)14-9(6)8-7(2)5-18-10(8)11(15)16-3/h4-5H,1-3H3,(H,13,14,17). The van der Waals surface area contributed by atoms with Crippen LogP contribution in [0.3, 0.4) is 0 Å². The van der Waals surface area contributed by atoms with E-state index in [2.05, 4.69) is 9.97 Å². The molecule has 18 heavy (non-hydrogen) atoms. The van der Waals surface area contributed by atoms with Crippen LogP contribution < -0.4 is 0 Å². The Morgan fingerprint density at radius 3 is 2.83 bits per heavy atom. The number of aryl methyl sites for hydroxylation is 2. The van der Waals surface area contributed by atoms with Gasteiger partial charge in [-0.3, -0.25) is 0 Å². The number of hydrogen-bond acceptors (Lipinski definition) is 5. The van der Waals surface area contributed by atoms with E-state index in [1.54, 1.807) is 6.20 Å². The van der Waals surface area contributed by atoms with Crippen molar-refractivity contribution in [1.29, 1.82) is 0 Å². The summed E-state index contributed by atoms with van der Waals surface area (Å²) in [6, 6.07) is 0. The molecular weight excluding hydrogens is 268 g/mol. The summed E-state index contributed by atoms with van der Waals surface area (Å²) in [6.07, 6.45) is 1.70. The van der Waals surface area contributed by atoms with Crippen molar-refractivity contribution in [1.82, 2.24) is 9.97 Å². The van der Waals surface area contributed by atoms with E-state index in [0.717, 1.165) is 22.4 Å². The van der Waals surface area contributed by atoms with Crippen LogP contribution in [0.1, 0.15) is 20.8 Å². The van der Waals surface area contributed by atoms with Crippen LogP contribution in [0.2, 0.25) is 0 Å². The molecule has 0 spiro atoms. The van der Waals surface area contributed by atoms with Crippen molar-refractivity contribution in [3.63, 3.8) is 0 Å².